The highest BCUT2D eigenvalue weighted by Crippen LogP contribution is 2.33. The van der Waals surface area contributed by atoms with Gasteiger partial charge in [-0.1, -0.05) is 6.07 Å². The van der Waals surface area contributed by atoms with E-state index in [1.807, 2.05) is 37.2 Å². The second-order valence-electron chi connectivity index (χ2n) is 8.31. The van der Waals surface area contributed by atoms with E-state index in [2.05, 4.69) is 10.6 Å². The number of amides is 2. The van der Waals surface area contributed by atoms with Crippen LogP contribution in [0.5, 0.6) is 0 Å². The third kappa shape index (κ3) is 6.50. The molecule has 0 saturated carbocycles. The summed E-state index contributed by atoms with van der Waals surface area (Å²) < 4.78 is 33.5. The maximum Gasteiger partial charge on any atom is 0.251 e. The van der Waals surface area contributed by atoms with Gasteiger partial charge in [0.05, 0.1) is 12.2 Å². The van der Waals surface area contributed by atoms with Crippen LogP contribution in [0.2, 0.25) is 0 Å². The molecule has 6 nitrogen and oxygen atoms in total. The number of carbonyl (C=O) groups is 2. The molecule has 2 aromatic carbocycles. The molecule has 1 heterocycles. The van der Waals surface area contributed by atoms with Gasteiger partial charge in [-0.25, -0.2) is 8.78 Å². The van der Waals surface area contributed by atoms with E-state index in [1.165, 1.54) is 19.1 Å². The fraction of sp³-hybridized carbons (Fsp3) is 0.417. The average Bonchev–Trinajstić information content (AvgIpc) is 2.72. The summed E-state index contributed by atoms with van der Waals surface area (Å²) in [6.07, 6.45) is 0.639. The van der Waals surface area contributed by atoms with Crippen LogP contribution in [0.15, 0.2) is 42.5 Å². The lowest BCUT2D eigenvalue weighted by Gasteiger charge is -2.36. The minimum atomic E-state index is -0.672. The van der Waals surface area contributed by atoms with Crippen molar-refractivity contribution in [1.82, 2.24) is 10.6 Å². The molecule has 0 unspecified atom stereocenters. The molecule has 0 aliphatic carbocycles. The van der Waals surface area contributed by atoms with Gasteiger partial charge in [-0.05, 0) is 55.2 Å². The molecule has 3 atom stereocenters. The van der Waals surface area contributed by atoms with E-state index in [1.54, 1.807) is 6.07 Å². The van der Waals surface area contributed by atoms with Crippen molar-refractivity contribution in [3.05, 3.63) is 65.2 Å². The smallest absolute Gasteiger partial charge is 0.251 e. The van der Waals surface area contributed by atoms with Gasteiger partial charge in [0.25, 0.3) is 5.91 Å². The van der Waals surface area contributed by atoms with Crippen LogP contribution in [0, 0.1) is 11.6 Å². The van der Waals surface area contributed by atoms with Crippen LogP contribution in [0.3, 0.4) is 0 Å². The molecular formula is C24H29F2N3O3. The molecule has 0 spiro atoms. The van der Waals surface area contributed by atoms with Gasteiger partial charge >= 0.3 is 0 Å². The Kier molecular flexibility index (Phi) is 7.80. The predicted octanol–water partition coefficient (Wildman–Crippen LogP) is 3.58. The summed E-state index contributed by atoms with van der Waals surface area (Å²) in [6.45, 7) is 1.80. The first-order valence-electron chi connectivity index (χ1n) is 10.7. The lowest BCUT2D eigenvalue weighted by atomic mass is 9.92. The van der Waals surface area contributed by atoms with Crippen molar-refractivity contribution in [2.75, 3.05) is 25.5 Å². The highest BCUT2D eigenvalue weighted by atomic mass is 19.1. The standard InChI is InChI=1S/C24H29F2N3O3/c1-15(30)28-20-13-22(32-23(14-20)17-9-18(25)12-19(26)10-17)7-8-27-24(31)16-5-4-6-21(11-16)29(2)3/h4-6,9-12,20,22-23H,7-8,13-14H2,1-3H3,(H,27,31)(H,28,30)/t20-,22+,23+/m0/s1. The third-order valence-electron chi connectivity index (χ3n) is 5.44. The fourth-order valence-electron chi connectivity index (χ4n) is 3.96. The molecular weight excluding hydrogens is 416 g/mol. The number of rotatable bonds is 7. The van der Waals surface area contributed by atoms with Gasteiger partial charge in [0.2, 0.25) is 5.91 Å². The van der Waals surface area contributed by atoms with Crippen molar-refractivity contribution in [2.45, 2.75) is 44.4 Å². The molecule has 8 heteroatoms. The first-order chi connectivity index (χ1) is 15.2. The topological polar surface area (TPSA) is 70.7 Å². The Morgan fingerprint density at radius 2 is 1.81 bits per heavy atom. The predicted molar refractivity (Wildman–Crippen MR) is 119 cm³/mol. The van der Waals surface area contributed by atoms with Gasteiger partial charge in [-0.2, -0.15) is 0 Å². The highest BCUT2D eigenvalue weighted by molar-refractivity contribution is 5.95. The largest absolute Gasteiger partial charge is 0.378 e. The van der Waals surface area contributed by atoms with Crippen molar-refractivity contribution in [2.24, 2.45) is 0 Å². The molecule has 2 N–H and O–H groups in total. The summed E-state index contributed by atoms with van der Waals surface area (Å²) in [7, 11) is 3.81. The van der Waals surface area contributed by atoms with E-state index in [0.29, 0.717) is 36.9 Å². The van der Waals surface area contributed by atoms with Gasteiger partial charge in [0, 0.05) is 50.9 Å². The monoisotopic (exact) mass is 445 g/mol. The normalized spacial score (nSPS) is 20.5. The second kappa shape index (κ2) is 10.5. The van der Waals surface area contributed by atoms with Crippen LogP contribution in [0.1, 0.15) is 48.2 Å². The van der Waals surface area contributed by atoms with Crippen LogP contribution < -0.4 is 15.5 Å². The Hall–Kier alpha value is -3.00. The zero-order valence-electron chi connectivity index (χ0n) is 18.5. The zero-order chi connectivity index (χ0) is 23.3. The molecule has 3 rings (SSSR count). The summed E-state index contributed by atoms with van der Waals surface area (Å²) in [5.41, 5.74) is 1.88. The van der Waals surface area contributed by atoms with Crippen LogP contribution >= 0.6 is 0 Å². The van der Waals surface area contributed by atoms with Crippen LogP contribution in [-0.2, 0) is 9.53 Å². The maximum atomic E-state index is 13.7. The lowest BCUT2D eigenvalue weighted by Crippen LogP contribution is -2.43. The Balaban J connectivity index is 1.63. The lowest BCUT2D eigenvalue weighted by molar-refractivity contribution is -0.122. The minimum Gasteiger partial charge on any atom is -0.378 e. The van der Waals surface area contributed by atoms with Crippen LogP contribution in [0.25, 0.3) is 0 Å². The number of nitrogens with zero attached hydrogens (tertiary/aromatic N) is 1. The summed E-state index contributed by atoms with van der Waals surface area (Å²) >= 11 is 0. The maximum absolute atomic E-state index is 13.7. The molecule has 0 radical (unpaired) electrons. The molecule has 1 saturated heterocycles. The molecule has 1 aliphatic heterocycles. The molecule has 2 aromatic rings. The molecule has 172 valence electrons. The molecule has 1 fully saturated rings. The number of halogens is 2. The van der Waals surface area contributed by atoms with Gasteiger partial charge in [-0.15, -0.1) is 0 Å². The minimum absolute atomic E-state index is 0.172. The van der Waals surface area contributed by atoms with Gasteiger partial charge in [-0.3, -0.25) is 9.59 Å². The number of carbonyl (C=O) groups excluding carboxylic acids is 2. The van der Waals surface area contributed by atoms with E-state index in [-0.39, 0.29) is 24.0 Å². The van der Waals surface area contributed by atoms with Crippen molar-refractivity contribution in [3.8, 4) is 0 Å². The molecule has 32 heavy (non-hydrogen) atoms. The van der Waals surface area contributed by atoms with Gasteiger partial charge in [0.1, 0.15) is 11.6 Å². The Labute approximate surface area is 186 Å². The Bertz CT molecular complexity index is 947. The molecule has 1 aliphatic rings. The first-order valence-corrected chi connectivity index (χ1v) is 10.7. The highest BCUT2D eigenvalue weighted by Gasteiger charge is 2.31. The number of benzene rings is 2. The Morgan fingerprint density at radius 1 is 1.09 bits per heavy atom. The molecule has 0 bridgehead atoms. The van der Waals surface area contributed by atoms with E-state index < -0.39 is 17.7 Å². The number of hydrogen-bond acceptors (Lipinski definition) is 4. The summed E-state index contributed by atoms with van der Waals surface area (Å²) in [6, 6.07) is 10.4. The summed E-state index contributed by atoms with van der Waals surface area (Å²) in [5, 5.41) is 5.78. The quantitative estimate of drug-likeness (QED) is 0.684. The van der Waals surface area contributed by atoms with Crippen LogP contribution in [-0.4, -0.2) is 44.6 Å². The van der Waals surface area contributed by atoms with Gasteiger partial charge < -0.3 is 20.3 Å². The van der Waals surface area contributed by atoms with E-state index in [9.17, 15) is 18.4 Å². The first kappa shape index (κ1) is 23.7. The average molecular weight is 446 g/mol. The van der Waals surface area contributed by atoms with E-state index in [0.717, 1.165) is 11.8 Å². The van der Waals surface area contributed by atoms with E-state index >= 15 is 0 Å². The number of hydrogen-bond donors (Lipinski definition) is 2. The van der Waals surface area contributed by atoms with Crippen molar-refractivity contribution in [1.29, 1.82) is 0 Å². The number of ether oxygens (including phenoxy) is 1. The van der Waals surface area contributed by atoms with E-state index in [4.69, 9.17) is 4.74 Å². The SMILES string of the molecule is CC(=O)N[C@H]1C[C@@H](CCNC(=O)c2cccc(N(C)C)c2)O[C@@H](c2cc(F)cc(F)c2)C1. The fourth-order valence-corrected chi connectivity index (χ4v) is 3.96. The van der Waals surface area contributed by atoms with Crippen LogP contribution in [0.4, 0.5) is 14.5 Å². The summed E-state index contributed by atoms with van der Waals surface area (Å²) in [4.78, 5) is 26.0. The van der Waals surface area contributed by atoms with Crippen molar-refractivity contribution >= 4 is 17.5 Å². The molecule has 0 aromatic heterocycles. The van der Waals surface area contributed by atoms with Crippen molar-refractivity contribution in [3.63, 3.8) is 0 Å². The number of anilines is 1. The summed E-state index contributed by atoms with van der Waals surface area (Å²) in [5.74, 6) is -1.70. The Morgan fingerprint density at radius 3 is 2.47 bits per heavy atom. The number of nitrogens with one attached hydrogen (secondary N) is 2. The van der Waals surface area contributed by atoms with Gasteiger partial charge in [0.15, 0.2) is 0 Å². The van der Waals surface area contributed by atoms with Crippen molar-refractivity contribution < 1.29 is 23.1 Å². The third-order valence-corrected chi connectivity index (χ3v) is 5.44. The second-order valence-corrected chi connectivity index (χ2v) is 8.31. The zero-order valence-corrected chi connectivity index (χ0v) is 18.5. The molecule has 2 amide bonds.